The van der Waals surface area contributed by atoms with E-state index < -0.39 is 0 Å². The van der Waals surface area contributed by atoms with Crippen LogP contribution >= 0.6 is 27.3 Å². The van der Waals surface area contributed by atoms with Gasteiger partial charge in [0.2, 0.25) is 0 Å². The number of halogens is 1. The van der Waals surface area contributed by atoms with Crippen LogP contribution in [0, 0.1) is 11.3 Å². The fraction of sp³-hybridized carbons (Fsp3) is 0.231. The topological polar surface area (TPSA) is 36.7 Å². The predicted octanol–water partition coefficient (Wildman–Crippen LogP) is 4.59. The standard InChI is InChI=1S/C13H11BrN2S/c1-2-9(7-15)13-16-12(8-17-13)10-3-5-11(14)6-4-10/h3-6,8-9H,2H2,1H3. The zero-order chi connectivity index (χ0) is 12.3. The Bertz CT molecular complexity index is 539. The summed E-state index contributed by atoms with van der Waals surface area (Å²) in [5.41, 5.74) is 2.04. The first kappa shape index (κ1) is 12.3. The van der Waals surface area contributed by atoms with Crippen LogP contribution in [0.15, 0.2) is 34.1 Å². The first-order valence-electron chi connectivity index (χ1n) is 5.35. The van der Waals surface area contributed by atoms with Crippen LogP contribution in [-0.2, 0) is 0 Å². The summed E-state index contributed by atoms with van der Waals surface area (Å²) in [6.45, 7) is 2.01. The highest BCUT2D eigenvalue weighted by molar-refractivity contribution is 9.10. The van der Waals surface area contributed by atoms with E-state index in [4.69, 9.17) is 5.26 Å². The number of hydrogen-bond acceptors (Lipinski definition) is 3. The number of benzene rings is 1. The van der Waals surface area contributed by atoms with Crippen molar-refractivity contribution in [3.63, 3.8) is 0 Å². The Morgan fingerprint density at radius 3 is 2.71 bits per heavy atom. The second-order valence-electron chi connectivity index (χ2n) is 3.67. The molecule has 0 aliphatic carbocycles. The SMILES string of the molecule is CCC(C#N)c1nc(-c2ccc(Br)cc2)cs1. The zero-order valence-corrected chi connectivity index (χ0v) is 11.8. The Balaban J connectivity index is 2.30. The van der Waals surface area contributed by atoms with Gasteiger partial charge in [-0.25, -0.2) is 4.98 Å². The molecule has 1 atom stereocenters. The first-order valence-corrected chi connectivity index (χ1v) is 7.03. The van der Waals surface area contributed by atoms with Gasteiger partial charge in [0.15, 0.2) is 0 Å². The fourth-order valence-electron chi connectivity index (χ4n) is 1.52. The number of aromatic nitrogens is 1. The molecule has 0 N–H and O–H groups in total. The monoisotopic (exact) mass is 306 g/mol. The van der Waals surface area contributed by atoms with E-state index in [1.807, 2.05) is 36.6 Å². The third-order valence-electron chi connectivity index (χ3n) is 2.52. The molecule has 0 spiro atoms. The van der Waals surface area contributed by atoms with E-state index in [-0.39, 0.29) is 5.92 Å². The van der Waals surface area contributed by atoms with E-state index in [1.54, 1.807) is 11.3 Å². The molecule has 1 heterocycles. The molecule has 0 saturated carbocycles. The van der Waals surface area contributed by atoms with E-state index in [9.17, 15) is 0 Å². The summed E-state index contributed by atoms with van der Waals surface area (Å²) in [6, 6.07) is 10.3. The van der Waals surface area contributed by atoms with Crippen LogP contribution in [0.4, 0.5) is 0 Å². The summed E-state index contributed by atoms with van der Waals surface area (Å²) in [7, 11) is 0. The Morgan fingerprint density at radius 1 is 1.41 bits per heavy atom. The average molecular weight is 307 g/mol. The van der Waals surface area contributed by atoms with Crippen molar-refractivity contribution in [1.29, 1.82) is 5.26 Å². The van der Waals surface area contributed by atoms with Gasteiger partial charge in [-0.3, -0.25) is 0 Å². The van der Waals surface area contributed by atoms with Crippen LogP contribution in [0.2, 0.25) is 0 Å². The van der Waals surface area contributed by atoms with Crippen molar-refractivity contribution in [3.05, 3.63) is 39.1 Å². The molecule has 2 aromatic rings. The number of thiazole rings is 1. The second-order valence-corrected chi connectivity index (χ2v) is 5.47. The lowest BCUT2D eigenvalue weighted by molar-refractivity contribution is 0.810. The maximum absolute atomic E-state index is 9.01. The highest BCUT2D eigenvalue weighted by atomic mass is 79.9. The van der Waals surface area contributed by atoms with E-state index in [1.165, 1.54) is 0 Å². The van der Waals surface area contributed by atoms with E-state index >= 15 is 0 Å². The normalized spacial score (nSPS) is 12.1. The van der Waals surface area contributed by atoms with Gasteiger partial charge in [0, 0.05) is 15.4 Å². The highest BCUT2D eigenvalue weighted by Crippen LogP contribution is 2.28. The average Bonchev–Trinajstić information content (AvgIpc) is 2.81. The van der Waals surface area contributed by atoms with Gasteiger partial charge in [-0.15, -0.1) is 11.3 Å². The molecule has 0 amide bonds. The summed E-state index contributed by atoms with van der Waals surface area (Å²) < 4.78 is 1.06. The number of rotatable bonds is 3. The molecule has 1 unspecified atom stereocenters. The van der Waals surface area contributed by atoms with Gasteiger partial charge < -0.3 is 0 Å². The summed E-state index contributed by atoms with van der Waals surface area (Å²) in [6.07, 6.45) is 0.809. The van der Waals surface area contributed by atoms with Crippen molar-refractivity contribution in [2.24, 2.45) is 0 Å². The summed E-state index contributed by atoms with van der Waals surface area (Å²) >= 11 is 4.97. The minimum absolute atomic E-state index is 0.0794. The number of nitrogens with zero attached hydrogens (tertiary/aromatic N) is 2. The quantitative estimate of drug-likeness (QED) is 0.831. The number of nitriles is 1. The number of hydrogen-bond donors (Lipinski definition) is 0. The molecule has 2 rings (SSSR count). The van der Waals surface area contributed by atoms with Gasteiger partial charge in [-0.2, -0.15) is 5.26 Å². The van der Waals surface area contributed by atoms with Crippen molar-refractivity contribution in [3.8, 4) is 17.3 Å². The maximum atomic E-state index is 9.01. The van der Waals surface area contributed by atoms with Crippen molar-refractivity contribution in [2.75, 3.05) is 0 Å². The van der Waals surface area contributed by atoms with Crippen LogP contribution in [-0.4, -0.2) is 4.98 Å². The highest BCUT2D eigenvalue weighted by Gasteiger charge is 2.13. The molecule has 4 heteroatoms. The Kier molecular flexibility index (Phi) is 3.93. The molecule has 86 valence electrons. The molecular weight excluding hydrogens is 296 g/mol. The molecule has 1 aromatic heterocycles. The van der Waals surface area contributed by atoms with Gasteiger partial charge in [0.25, 0.3) is 0 Å². The van der Waals surface area contributed by atoms with Gasteiger partial charge in [-0.05, 0) is 18.6 Å². The smallest absolute Gasteiger partial charge is 0.110 e. The molecule has 17 heavy (non-hydrogen) atoms. The summed E-state index contributed by atoms with van der Waals surface area (Å²) in [5.74, 6) is -0.0794. The first-order chi connectivity index (χ1) is 8.24. The molecule has 0 aliphatic heterocycles. The van der Waals surface area contributed by atoms with Gasteiger partial charge in [0.05, 0.1) is 17.7 Å². The second kappa shape index (κ2) is 5.44. The van der Waals surface area contributed by atoms with Crippen molar-refractivity contribution < 1.29 is 0 Å². The molecule has 0 radical (unpaired) electrons. The lowest BCUT2D eigenvalue weighted by atomic mass is 10.1. The lowest BCUT2D eigenvalue weighted by Crippen LogP contribution is -1.92. The molecule has 0 saturated heterocycles. The Hall–Kier alpha value is -1.18. The van der Waals surface area contributed by atoms with E-state index in [0.717, 1.165) is 27.2 Å². The molecule has 2 nitrogen and oxygen atoms in total. The Morgan fingerprint density at radius 2 is 2.12 bits per heavy atom. The minimum Gasteiger partial charge on any atom is -0.240 e. The van der Waals surface area contributed by atoms with Crippen LogP contribution in [0.25, 0.3) is 11.3 Å². The van der Waals surface area contributed by atoms with Gasteiger partial charge in [-0.1, -0.05) is 35.0 Å². The minimum atomic E-state index is -0.0794. The predicted molar refractivity (Wildman–Crippen MR) is 73.9 cm³/mol. The largest absolute Gasteiger partial charge is 0.240 e. The third-order valence-corrected chi connectivity index (χ3v) is 4.01. The van der Waals surface area contributed by atoms with Crippen LogP contribution in [0.1, 0.15) is 24.3 Å². The van der Waals surface area contributed by atoms with Gasteiger partial charge >= 0.3 is 0 Å². The molecule has 0 fully saturated rings. The summed E-state index contributed by atoms with van der Waals surface area (Å²) in [5, 5.41) is 11.9. The van der Waals surface area contributed by atoms with Gasteiger partial charge in [0.1, 0.15) is 5.01 Å². The van der Waals surface area contributed by atoms with Crippen molar-refractivity contribution in [1.82, 2.24) is 4.98 Å². The van der Waals surface area contributed by atoms with Crippen LogP contribution in [0.3, 0.4) is 0 Å². The van der Waals surface area contributed by atoms with Crippen molar-refractivity contribution >= 4 is 27.3 Å². The lowest BCUT2D eigenvalue weighted by Gasteiger charge is -2.00. The van der Waals surface area contributed by atoms with E-state index in [2.05, 4.69) is 27.0 Å². The molecule has 0 bridgehead atoms. The Labute approximate surface area is 113 Å². The fourth-order valence-corrected chi connectivity index (χ4v) is 2.74. The van der Waals surface area contributed by atoms with Crippen LogP contribution < -0.4 is 0 Å². The third kappa shape index (κ3) is 2.74. The van der Waals surface area contributed by atoms with Crippen molar-refractivity contribution in [2.45, 2.75) is 19.3 Å². The zero-order valence-electron chi connectivity index (χ0n) is 9.35. The molecule has 1 aromatic carbocycles. The van der Waals surface area contributed by atoms with Crippen LogP contribution in [0.5, 0.6) is 0 Å². The maximum Gasteiger partial charge on any atom is 0.110 e. The summed E-state index contributed by atoms with van der Waals surface area (Å²) in [4.78, 5) is 4.53. The molecule has 0 aliphatic rings. The van der Waals surface area contributed by atoms with E-state index in [0.29, 0.717) is 0 Å². The molecular formula is C13H11BrN2S.